The SMILES string of the molecule is CC(=O)c1ccc(-c2ccc(CCC(=O)O)cc2F)cc1. The van der Waals surface area contributed by atoms with Crippen LogP contribution in [0.15, 0.2) is 42.5 Å². The summed E-state index contributed by atoms with van der Waals surface area (Å²) in [5, 5.41) is 8.63. The van der Waals surface area contributed by atoms with Crippen LogP contribution in [0.1, 0.15) is 29.3 Å². The van der Waals surface area contributed by atoms with Gasteiger partial charge in [0.05, 0.1) is 0 Å². The number of Topliss-reactive ketones (excluding diaryl/α,β-unsaturated/α-hetero) is 1. The summed E-state index contributed by atoms with van der Waals surface area (Å²) in [6, 6.07) is 11.4. The fourth-order valence-corrected chi connectivity index (χ4v) is 2.08. The number of aliphatic carboxylic acids is 1. The Kier molecular flexibility index (Phi) is 4.48. The van der Waals surface area contributed by atoms with Gasteiger partial charge in [0.2, 0.25) is 0 Å². The van der Waals surface area contributed by atoms with E-state index in [1.807, 2.05) is 0 Å². The molecule has 2 aromatic rings. The van der Waals surface area contributed by atoms with Crippen molar-refractivity contribution in [3.05, 3.63) is 59.4 Å². The molecule has 108 valence electrons. The van der Waals surface area contributed by atoms with Crippen LogP contribution in [0.5, 0.6) is 0 Å². The lowest BCUT2D eigenvalue weighted by Crippen LogP contribution is -1.98. The Morgan fingerprint density at radius 3 is 2.29 bits per heavy atom. The average Bonchev–Trinajstić information content (AvgIpc) is 2.45. The van der Waals surface area contributed by atoms with E-state index in [0.717, 1.165) is 0 Å². The zero-order valence-corrected chi connectivity index (χ0v) is 11.6. The second-order valence-electron chi connectivity index (χ2n) is 4.84. The van der Waals surface area contributed by atoms with Crippen LogP contribution in [-0.2, 0) is 11.2 Å². The van der Waals surface area contributed by atoms with Gasteiger partial charge in [0.1, 0.15) is 5.82 Å². The highest BCUT2D eigenvalue weighted by atomic mass is 19.1. The standard InChI is InChI=1S/C17H15FO3/c1-11(19)13-4-6-14(7-5-13)15-8-2-12(10-16(15)18)3-9-17(20)21/h2,4-8,10H,3,9H2,1H3,(H,20,21). The molecule has 4 heteroatoms. The number of halogens is 1. The highest BCUT2D eigenvalue weighted by molar-refractivity contribution is 5.94. The molecule has 1 N–H and O–H groups in total. The molecule has 0 aromatic heterocycles. The fourth-order valence-electron chi connectivity index (χ4n) is 2.08. The largest absolute Gasteiger partial charge is 0.481 e. The molecule has 2 rings (SSSR count). The van der Waals surface area contributed by atoms with E-state index in [0.29, 0.717) is 28.7 Å². The van der Waals surface area contributed by atoms with Crippen molar-refractivity contribution >= 4 is 11.8 Å². The van der Waals surface area contributed by atoms with Gasteiger partial charge < -0.3 is 5.11 Å². The van der Waals surface area contributed by atoms with Gasteiger partial charge in [-0.15, -0.1) is 0 Å². The number of carboxylic acids is 1. The van der Waals surface area contributed by atoms with Crippen molar-refractivity contribution in [3.63, 3.8) is 0 Å². The number of hydrogen-bond acceptors (Lipinski definition) is 2. The van der Waals surface area contributed by atoms with Gasteiger partial charge >= 0.3 is 5.97 Å². The van der Waals surface area contributed by atoms with Gasteiger partial charge in [0.25, 0.3) is 0 Å². The average molecular weight is 286 g/mol. The molecule has 0 spiro atoms. The molecular formula is C17H15FO3. The van der Waals surface area contributed by atoms with Crippen LogP contribution in [0, 0.1) is 5.82 Å². The monoisotopic (exact) mass is 286 g/mol. The Morgan fingerprint density at radius 1 is 1.10 bits per heavy atom. The first-order valence-corrected chi connectivity index (χ1v) is 6.59. The summed E-state index contributed by atoms with van der Waals surface area (Å²) in [5.74, 6) is -1.33. The van der Waals surface area contributed by atoms with Crippen molar-refractivity contribution in [3.8, 4) is 11.1 Å². The quantitative estimate of drug-likeness (QED) is 0.852. The molecule has 2 aromatic carbocycles. The zero-order chi connectivity index (χ0) is 15.4. The molecule has 0 saturated carbocycles. The van der Waals surface area contributed by atoms with Crippen molar-refractivity contribution < 1.29 is 19.1 Å². The Balaban J connectivity index is 2.24. The normalized spacial score (nSPS) is 10.4. The minimum absolute atomic E-state index is 0.0217. The van der Waals surface area contributed by atoms with Gasteiger partial charge in [-0.2, -0.15) is 0 Å². The number of benzene rings is 2. The lowest BCUT2D eigenvalue weighted by atomic mass is 9.99. The van der Waals surface area contributed by atoms with E-state index in [1.54, 1.807) is 36.4 Å². The summed E-state index contributed by atoms with van der Waals surface area (Å²) in [6.45, 7) is 1.48. The molecule has 0 saturated heterocycles. The van der Waals surface area contributed by atoms with E-state index in [9.17, 15) is 14.0 Å². The maximum absolute atomic E-state index is 14.1. The molecule has 0 heterocycles. The topological polar surface area (TPSA) is 54.4 Å². The van der Waals surface area contributed by atoms with Crippen LogP contribution >= 0.6 is 0 Å². The van der Waals surface area contributed by atoms with Crippen LogP contribution in [-0.4, -0.2) is 16.9 Å². The van der Waals surface area contributed by atoms with E-state index < -0.39 is 11.8 Å². The first-order valence-electron chi connectivity index (χ1n) is 6.59. The third-order valence-electron chi connectivity index (χ3n) is 3.26. The van der Waals surface area contributed by atoms with E-state index in [1.165, 1.54) is 13.0 Å². The van der Waals surface area contributed by atoms with Crippen LogP contribution in [0.4, 0.5) is 4.39 Å². The molecule has 0 aliphatic carbocycles. The molecule has 0 atom stereocenters. The smallest absolute Gasteiger partial charge is 0.303 e. The van der Waals surface area contributed by atoms with Crippen molar-refractivity contribution in [2.45, 2.75) is 19.8 Å². The number of aryl methyl sites for hydroxylation is 1. The number of carboxylic acid groups (broad SMARTS) is 1. The zero-order valence-electron chi connectivity index (χ0n) is 11.6. The third kappa shape index (κ3) is 3.75. The van der Waals surface area contributed by atoms with E-state index in [2.05, 4.69) is 0 Å². The Labute approximate surface area is 122 Å². The van der Waals surface area contributed by atoms with Gasteiger partial charge in [-0.05, 0) is 30.5 Å². The van der Waals surface area contributed by atoms with Crippen molar-refractivity contribution in [1.29, 1.82) is 0 Å². The molecule has 0 aliphatic rings. The first kappa shape index (κ1) is 14.9. The fraction of sp³-hybridized carbons (Fsp3) is 0.176. The molecule has 0 fully saturated rings. The number of ketones is 1. The van der Waals surface area contributed by atoms with Gasteiger partial charge in [0, 0.05) is 17.5 Å². The van der Waals surface area contributed by atoms with Crippen LogP contribution < -0.4 is 0 Å². The van der Waals surface area contributed by atoms with Crippen molar-refractivity contribution in [1.82, 2.24) is 0 Å². The van der Waals surface area contributed by atoms with Crippen LogP contribution in [0.3, 0.4) is 0 Å². The predicted molar refractivity (Wildman–Crippen MR) is 77.8 cm³/mol. The summed E-state index contributed by atoms with van der Waals surface area (Å²) >= 11 is 0. The molecule has 0 aliphatic heterocycles. The molecule has 0 radical (unpaired) electrons. The van der Waals surface area contributed by atoms with Crippen molar-refractivity contribution in [2.75, 3.05) is 0 Å². The Hall–Kier alpha value is -2.49. The molecule has 21 heavy (non-hydrogen) atoms. The molecular weight excluding hydrogens is 271 g/mol. The van der Waals surface area contributed by atoms with Crippen LogP contribution in [0.2, 0.25) is 0 Å². The van der Waals surface area contributed by atoms with Gasteiger partial charge in [-0.3, -0.25) is 9.59 Å². The maximum atomic E-state index is 14.1. The number of hydrogen-bond donors (Lipinski definition) is 1. The minimum atomic E-state index is -0.903. The van der Waals surface area contributed by atoms with Crippen LogP contribution in [0.25, 0.3) is 11.1 Å². The molecule has 3 nitrogen and oxygen atoms in total. The van der Waals surface area contributed by atoms with Gasteiger partial charge in [-0.25, -0.2) is 4.39 Å². The molecule has 0 amide bonds. The van der Waals surface area contributed by atoms with E-state index >= 15 is 0 Å². The highest BCUT2D eigenvalue weighted by Crippen LogP contribution is 2.24. The Bertz CT molecular complexity index is 675. The van der Waals surface area contributed by atoms with E-state index in [-0.39, 0.29) is 12.2 Å². The maximum Gasteiger partial charge on any atom is 0.303 e. The first-order chi connectivity index (χ1) is 9.97. The Morgan fingerprint density at radius 2 is 1.76 bits per heavy atom. The number of carbonyl (C=O) groups is 2. The lowest BCUT2D eigenvalue weighted by molar-refractivity contribution is -0.136. The number of carbonyl (C=O) groups excluding carboxylic acids is 1. The predicted octanol–water partition coefficient (Wildman–Crippen LogP) is 3.71. The number of rotatable bonds is 5. The second kappa shape index (κ2) is 6.31. The van der Waals surface area contributed by atoms with Gasteiger partial charge in [0.15, 0.2) is 5.78 Å². The lowest BCUT2D eigenvalue weighted by Gasteiger charge is -2.07. The van der Waals surface area contributed by atoms with E-state index in [4.69, 9.17) is 5.11 Å². The third-order valence-corrected chi connectivity index (χ3v) is 3.26. The summed E-state index contributed by atoms with van der Waals surface area (Å²) in [5.41, 5.74) is 2.35. The highest BCUT2D eigenvalue weighted by Gasteiger charge is 2.08. The second-order valence-corrected chi connectivity index (χ2v) is 4.84. The van der Waals surface area contributed by atoms with Crippen molar-refractivity contribution in [2.24, 2.45) is 0 Å². The summed E-state index contributed by atoms with van der Waals surface area (Å²) in [4.78, 5) is 21.7. The minimum Gasteiger partial charge on any atom is -0.481 e. The molecule has 0 bridgehead atoms. The van der Waals surface area contributed by atoms with Gasteiger partial charge in [-0.1, -0.05) is 36.4 Å². The molecule has 0 unspecified atom stereocenters. The summed E-state index contributed by atoms with van der Waals surface area (Å²) < 4.78 is 14.1. The summed E-state index contributed by atoms with van der Waals surface area (Å²) in [6.07, 6.45) is 0.280. The summed E-state index contributed by atoms with van der Waals surface area (Å²) in [7, 11) is 0.